The van der Waals surface area contributed by atoms with E-state index in [4.69, 9.17) is 9.15 Å². The predicted molar refractivity (Wildman–Crippen MR) is 95.0 cm³/mol. The number of hydrogen-bond acceptors (Lipinski definition) is 6. The molecule has 2 N–H and O–H groups in total. The van der Waals surface area contributed by atoms with Crippen LogP contribution in [0.25, 0.3) is 10.8 Å². The summed E-state index contributed by atoms with van der Waals surface area (Å²) in [5.41, 5.74) is -0.415. The number of nitrogens with one attached hydrogen (secondary N) is 1. The number of thiazole rings is 1. The van der Waals surface area contributed by atoms with E-state index in [0.717, 1.165) is 27.8 Å². The fourth-order valence-electron chi connectivity index (χ4n) is 3.41. The molecular weight excluding hydrogens is 324 g/mol. The summed E-state index contributed by atoms with van der Waals surface area (Å²) < 4.78 is 11.4. The maximum Gasteiger partial charge on any atom is 0.162 e. The van der Waals surface area contributed by atoms with Crippen LogP contribution >= 0.6 is 11.3 Å². The zero-order valence-corrected chi connectivity index (χ0v) is 15.6. The molecule has 0 bridgehead atoms. The van der Waals surface area contributed by atoms with Gasteiger partial charge in [0.2, 0.25) is 0 Å². The maximum absolute atomic E-state index is 9.98. The van der Waals surface area contributed by atoms with Crippen LogP contribution in [-0.4, -0.2) is 34.9 Å². The second-order valence-electron chi connectivity index (χ2n) is 7.01. The van der Waals surface area contributed by atoms with Crippen molar-refractivity contribution in [3.8, 4) is 10.8 Å². The van der Waals surface area contributed by atoms with E-state index in [2.05, 4.69) is 24.1 Å². The highest BCUT2D eigenvalue weighted by Gasteiger charge is 2.60. The van der Waals surface area contributed by atoms with Gasteiger partial charge in [0.25, 0.3) is 0 Å². The Morgan fingerprint density at radius 1 is 1.46 bits per heavy atom. The molecule has 1 aliphatic rings. The lowest BCUT2D eigenvalue weighted by Gasteiger charge is -2.60. The molecule has 132 valence electrons. The third-order valence-corrected chi connectivity index (χ3v) is 6.33. The molecule has 2 atom stereocenters. The average Bonchev–Trinajstić information content (AvgIpc) is 3.19. The number of furan rings is 1. The van der Waals surface area contributed by atoms with Gasteiger partial charge in [0.15, 0.2) is 10.8 Å². The van der Waals surface area contributed by atoms with Gasteiger partial charge < -0.3 is 19.6 Å². The van der Waals surface area contributed by atoms with E-state index in [1.54, 1.807) is 11.3 Å². The Balaban J connectivity index is 1.66. The first kappa shape index (κ1) is 17.6. The molecule has 0 saturated heterocycles. The summed E-state index contributed by atoms with van der Waals surface area (Å²) in [6.07, 6.45) is 2.89. The van der Waals surface area contributed by atoms with Crippen LogP contribution in [-0.2, 0) is 11.3 Å². The second-order valence-corrected chi connectivity index (χ2v) is 8.12. The fraction of sp³-hybridized carbons (Fsp3) is 0.611. The van der Waals surface area contributed by atoms with Crippen LogP contribution in [0.3, 0.4) is 0 Å². The lowest BCUT2D eigenvalue weighted by molar-refractivity contribution is -0.177. The molecule has 0 aromatic carbocycles. The lowest BCUT2D eigenvalue weighted by atomic mass is 9.54. The summed E-state index contributed by atoms with van der Waals surface area (Å²) in [5.74, 6) is 1.69. The van der Waals surface area contributed by atoms with Crippen molar-refractivity contribution in [2.24, 2.45) is 5.41 Å². The molecule has 5 nitrogen and oxygen atoms in total. The van der Waals surface area contributed by atoms with Crippen molar-refractivity contribution in [3.63, 3.8) is 0 Å². The van der Waals surface area contributed by atoms with Crippen molar-refractivity contribution in [2.75, 3.05) is 13.2 Å². The number of aryl methyl sites for hydroxylation is 1. The summed E-state index contributed by atoms with van der Waals surface area (Å²) in [6.45, 7) is 9.74. The molecule has 2 aromatic rings. The Bertz CT molecular complexity index is 694. The van der Waals surface area contributed by atoms with Gasteiger partial charge in [0.1, 0.15) is 5.76 Å². The third kappa shape index (κ3) is 2.92. The first-order chi connectivity index (χ1) is 11.4. The zero-order valence-electron chi connectivity index (χ0n) is 14.8. The molecule has 2 heterocycles. The van der Waals surface area contributed by atoms with Gasteiger partial charge in [0, 0.05) is 29.6 Å². The molecule has 2 aromatic heterocycles. The number of ether oxygens (including phenoxy) is 1. The lowest BCUT2D eigenvalue weighted by Crippen LogP contribution is -2.73. The molecule has 0 spiro atoms. The van der Waals surface area contributed by atoms with Gasteiger partial charge in [-0.1, -0.05) is 13.8 Å². The highest BCUT2D eigenvalue weighted by molar-refractivity contribution is 7.14. The molecule has 0 radical (unpaired) electrons. The Hall–Kier alpha value is -1.21. The Morgan fingerprint density at radius 2 is 2.25 bits per heavy atom. The summed E-state index contributed by atoms with van der Waals surface area (Å²) in [7, 11) is 0. The van der Waals surface area contributed by atoms with Crippen LogP contribution in [0.15, 0.2) is 22.7 Å². The largest absolute Gasteiger partial charge is 0.459 e. The Morgan fingerprint density at radius 3 is 2.83 bits per heavy atom. The quantitative estimate of drug-likeness (QED) is 0.801. The SMILES string of the molecule is CCOC1CC(CO)(NCc2cnc(-c3ccc(C)o3)s2)C1(C)C. The number of hydrogen-bond donors (Lipinski definition) is 2. The van der Waals surface area contributed by atoms with E-state index < -0.39 is 0 Å². The number of rotatable bonds is 7. The molecule has 6 heteroatoms. The standard InChI is InChI=1S/C18H26N2O3S/c1-5-22-15-8-18(11-21,17(15,3)4)20-10-13-9-19-16(24-13)14-7-6-12(2)23-14/h6-7,9,15,20-21H,5,8,10-11H2,1-4H3. The van der Waals surface area contributed by atoms with Gasteiger partial charge in [0.05, 0.1) is 18.2 Å². The monoisotopic (exact) mass is 350 g/mol. The van der Waals surface area contributed by atoms with E-state index in [1.807, 2.05) is 32.2 Å². The van der Waals surface area contributed by atoms with Gasteiger partial charge in [-0.25, -0.2) is 4.98 Å². The van der Waals surface area contributed by atoms with Gasteiger partial charge >= 0.3 is 0 Å². The topological polar surface area (TPSA) is 67.5 Å². The van der Waals surface area contributed by atoms with Crippen LogP contribution in [0.2, 0.25) is 0 Å². The molecular formula is C18H26N2O3S. The molecule has 1 fully saturated rings. The first-order valence-corrected chi connectivity index (χ1v) is 9.22. The first-order valence-electron chi connectivity index (χ1n) is 8.41. The molecule has 2 unspecified atom stereocenters. The molecule has 1 aliphatic carbocycles. The smallest absolute Gasteiger partial charge is 0.162 e. The van der Waals surface area contributed by atoms with Gasteiger partial charge in [-0.05, 0) is 32.4 Å². The summed E-state index contributed by atoms with van der Waals surface area (Å²) >= 11 is 1.62. The van der Waals surface area contributed by atoms with Gasteiger partial charge in [-0.3, -0.25) is 0 Å². The minimum Gasteiger partial charge on any atom is -0.459 e. The van der Waals surface area contributed by atoms with Gasteiger partial charge in [-0.2, -0.15) is 0 Å². The Kier molecular flexibility index (Phi) is 4.84. The average molecular weight is 350 g/mol. The van der Waals surface area contributed by atoms with Crippen molar-refractivity contribution in [3.05, 3.63) is 29.0 Å². The van der Waals surface area contributed by atoms with Crippen LogP contribution in [0.4, 0.5) is 0 Å². The minimum absolute atomic E-state index is 0.104. The summed E-state index contributed by atoms with van der Waals surface area (Å²) in [5, 5.41) is 14.4. The van der Waals surface area contributed by atoms with Crippen molar-refractivity contribution < 1.29 is 14.3 Å². The van der Waals surface area contributed by atoms with E-state index >= 15 is 0 Å². The molecule has 24 heavy (non-hydrogen) atoms. The molecule has 1 saturated carbocycles. The van der Waals surface area contributed by atoms with Crippen LogP contribution in [0, 0.1) is 12.3 Å². The number of nitrogens with zero attached hydrogens (tertiary/aromatic N) is 1. The maximum atomic E-state index is 9.98. The number of aromatic nitrogens is 1. The Labute approximate surface area is 147 Å². The van der Waals surface area contributed by atoms with Crippen LogP contribution < -0.4 is 5.32 Å². The van der Waals surface area contributed by atoms with Crippen molar-refractivity contribution in [1.82, 2.24) is 10.3 Å². The van der Waals surface area contributed by atoms with Crippen LogP contribution in [0.5, 0.6) is 0 Å². The van der Waals surface area contributed by atoms with E-state index in [1.165, 1.54) is 0 Å². The van der Waals surface area contributed by atoms with Crippen molar-refractivity contribution >= 4 is 11.3 Å². The second kappa shape index (κ2) is 6.59. The predicted octanol–water partition coefficient (Wildman–Crippen LogP) is 3.37. The van der Waals surface area contributed by atoms with Gasteiger partial charge in [-0.15, -0.1) is 11.3 Å². The minimum atomic E-state index is -0.307. The molecule has 3 rings (SSSR count). The third-order valence-electron chi connectivity index (χ3n) is 5.32. The zero-order chi connectivity index (χ0) is 17.4. The van der Waals surface area contributed by atoms with Crippen LogP contribution in [0.1, 0.15) is 37.8 Å². The summed E-state index contributed by atoms with van der Waals surface area (Å²) in [4.78, 5) is 5.58. The summed E-state index contributed by atoms with van der Waals surface area (Å²) in [6, 6.07) is 3.89. The molecule has 0 amide bonds. The van der Waals surface area contributed by atoms with E-state index in [0.29, 0.717) is 13.2 Å². The molecule has 0 aliphatic heterocycles. The fourth-order valence-corrected chi connectivity index (χ4v) is 4.23. The van der Waals surface area contributed by atoms with E-state index in [-0.39, 0.29) is 23.7 Å². The number of aliphatic hydroxyl groups excluding tert-OH is 1. The highest BCUT2D eigenvalue weighted by atomic mass is 32.1. The number of aliphatic hydroxyl groups is 1. The normalized spacial score (nSPS) is 25.6. The highest BCUT2D eigenvalue weighted by Crippen LogP contribution is 2.51. The van der Waals surface area contributed by atoms with E-state index in [9.17, 15) is 5.11 Å². The van der Waals surface area contributed by atoms with Crippen molar-refractivity contribution in [2.45, 2.75) is 52.3 Å². The van der Waals surface area contributed by atoms with Crippen molar-refractivity contribution in [1.29, 1.82) is 0 Å².